The topological polar surface area (TPSA) is 78.4 Å². The van der Waals surface area contributed by atoms with Gasteiger partial charge in [-0.3, -0.25) is 4.79 Å². The molecule has 0 spiro atoms. The highest BCUT2D eigenvalue weighted by Crippen LogP contribution is 2.12. The van der Waals surface area contributed by atoms with Crippen LogP contribution >= 0.6 is 0 Å². The van der Waals surface area contributed by atoms with E-state index in [2.05, 4.69) is 10.6 Å². The molecule has 20 heavy (non-hydrogen) atoms. The molecule has 5 nitrogen and oxygen atoms in total. The number of hydrogen-bond acceptors (Lipinski definition) is 2. The van der Waals surface area contributed by atoms with Gasteiger partial charge in [0.15, 0.2) is 0 Å². The van der Waals surface area contributed by atoms with Crippen molar-refractivity contribution in [3.63, 3.8) is 0 Å². The van der Waals surface area contributed by atoms with Crippen molar-refractivity contribution < 1.29 is 14.7 Å². The third-order valence-corrected chi connectivity index (χ3v) is 3.11. The van der Waals surface area contributed by atoms with E-state index in [1.165, 1.54) is 5.56 Å². The lowest BCUT2D eigenvalue weighted by atomic mass is 10.0. The number of urea groups is 1. The number of rotatable bonds is 7. The second-order valence-corrected chi connectivity index (χ2v) is 5.00. The quantitative estimate of drug-likeness (QED) is 0.716. The number of aliphatic carboxylic acids is 1. The van der Waals surface area contributed by atoms with Crippen LogP contribution in [0.2, 0.25) is 0 Å². The Kier molecular flexibility index (Phi) is 6.56. The first kappa shape index (κ1) is 16.0. The predicted octanol–water partition coefficient (Wildman–Crippen LogP) is 2.34. The molecule has 1 aromatic rings. The van der Waals surface area contributed by atoms with Crippen LogP contribution in [0.5, 0.6) is 0 Å². The van der Waals surface area contributed by atoms with E-state index in [9.17, 15) is 9.59 Å². The molecule has 0 saturated carbocycles. The smallest absolute Gasteiger partial charge is 0.315 e. The summed E-state index contributed by atoms with van der Waals surface area (Å²) in [6.45, 7) is 4.38. The minimum absolute atomic E-state index is 0.0574. The Morgan fingerprint density at radius 2 is 1.85 bits per heavy atom. The van der Waals surface area contributed by atoms with Gasteiger partial charge in [-0.1, -0.05) is 37.3 Å². The molecule has 0 aliphatic heterocycles. The van der Waals surface area contributed by atoms with Crippen molar-refractivity contribution in [1.82, 2.24) is 10.6 Å². The van der Waals surface area contributed by atoms with Crippen LogP contribution in [-0.2, 0) is 4.79 Å². The fraction of sp³-hybridized carbons (Fsp3) is 0.467. The van der Waals surface area contributed by atoms with Crippen molar-refractivity contribution in [2.75, 3.05) is 6.54 Å². The van der Waals surface area contributed by atoms with Crippen LogP contribution in [0.1, 0.15) is 38.2 Å². The summed E-state index contributed by atoms with van der Waals surface area (Å²) < 4.78 is 0. The van der Waals surface area contributed by atoms with Gasteiger partial charge in [-0.05, 0) is 24.8 Å². The highest BCUT2D eigenvalue weighted by Gasteiger charge is 2.10. The number of carbonyl (C=O) groups is 2. The summed E-state index contributed by atoms with van der Waals surface area (Å²) in [7, 11) is 0. The van der Waals surface area contributed by atoms with E-state index in [1.807, 2.05) is 37.3 Å². The van der Waals surface area contributed by atoms with E-state index in [0.717, 1.165) is 0 Å². The molecule has 0 heterocycles. The monoisotopic (exact) mass is 278 g/mol. The lowest BCUT2D eigenvalue weighted by Crippen LogP contribution is -2.42. The Balaban J connectivity index is 2.27. The number of carbonyl (C=O) groups excluding carboxylic acids is 1. The molecule has 0 radical (unpaired) electrons. The molecule has 3 N–H and O–H groups in total. The molecule has 5 heteroatoms. The second kappa shape index (κ2) is 8.19. The third-order valence-electron chi connectivity index (χ3n) is 3.11. The molecular weight excluding hydrogens is 256 g/mol. The van der Waals surface area contributed by atoms with E-state index in [4.69, 9.17) is 5.11 Å². The van der Waals surface area contributed by atoms with Gasteiger partial charge < -0.3 is 15.7 Å². The Morgan fingerprint density at radius 3 is 2.45 bits per heavy atom. The number of benzene rings is 1. The highest BCUT2D eigenvalue weighted by atomic mass is 16.4. The molecule has 2 unspecified atom stereocenters. The standard InChI is InChI=1S/C15H22N2O3/c1-11(13-6-4-3-5-7-13)10-16-15(20)17-12(2)8-9-14(18)19/h3-7,11-12H,8-10H2,1-2H3,(H,18,19)(H2,16,17,20). The van der Waals surface area contributed by atoms with E-state index < -0.39 is 5.97 Å². The van der Waals surface area contributed by atoms with Gasteiger partial charge in [0.05, 0.1) is 0 Å². The Hall–Kier alpha value is -2.04. The number of amides is 2. The van der Waals surface area contributed by atoms with Crippen molar-refractivity contribution in [3.05, 3.63) is 35.9 Å². The Bertz CT molecular complexity index is 434. The van der Waals surface area contributed by atoms with Gasteiger partial charge in [-0.15, -0.1) is 0 Å². The molecular formula is C15H22N2O3. The molecule has 0 aliphatic rings. The summed E-state index contributed by atoms with van der Waals surface area (Å²) >= 11 is 0. The minimum Gasteiger partial charge on any atom is -0.481 e. The number of carboxylic acid groups (broad SMARTS) is 1. The third kappa shape index (κ3) is 6.22. The van der Waals surface area contributed by atoms with Crippen LogP contribution in [0.15, 0.2) is 30.3 Å². The Morgan fingerprint density at radius 1 is 1.20 bits per heavy atom. The van der Waals surface area contributed by atoms with Gasteiger partial charge >= 0.3 is 12.0 Å². The predicted molar refractivity (Wildman–Crippen MR) is 77.7 cm³/mol. The summed E-state index contributed by atoms with van der Waals surface area (Å²) in [4.78, 5) is 22.1. The Labute approximate surface area is 119 Å². The van der Waals surface area contributed by atoms with E-state index in [1.54, 1.807) is 6.92 Å². The molecule has 1 rings (SSSR count). The maximum Gasteiger partial charge on any atom is 0.315 e. The lowest BCUT2D eigenvalue weighted by Gasteiger charge is -2.16. The number of carboxylic acids is 1. The van der Waals surface area contributed by atoms with Gasteiger partial charge in [-0.2, -0.15) is 0 Å². The first-order valence-electron chi connectivity index (χ1n) is 6.80. The molecule has 0 aliphatic carbocycles. The first-order chi connectivity index (χ1) is 9.49. The maximum atomic E-state index is 11.7. The van der Waals surface area contributed by atoms with Crippen LogP contribution in [-0.4, -0.2) is 29.7 Å². The molecule has 2 amide bonds. The van der Waals surface area contributed by atoms with Crippen LogP contribution < -0.4 is 10.6 Å². The zero-order valence-electron chi connectivity index (χ0n) is 11.9. The summed E-state index contributed by atoms with van der Waals surface area (Å²) in [5, 5.41) is 14.1. The van der Waals surface area contributed by atoms with E-state index in [-0.39, 0.29) is 24.4 Å². The van der Waals surface area contributed by atoms with Gasteiger partial charge in [0.25, 0.3) is 0 Å². The normalized spacial score (nSPS) is 13.3. The van der Waals surface area contributed by atoms with Gasteiger partial charge in [0.2, 0.25) is 0 Å². The summed E-state index contributed by atoms with van der Waals surface area (Å²) in [5.41, 5.74) is 1.17. The zero-order chi connectivity index (χ0) is 15.0. The van der Waals surface area contributed by atoms with Crippen molar-refractivity contribution in [3.8, 4) is 0 Å². The molecule has 1 aromatic carbocycles. The van der Waals surface area contributed by atoms with Crippen molar-refractivity contribution in [1.29, 1.82) is 0 Å². The molecule has 0 bridgehead atoms. The molecule has 2 atom stereocenters. The average molecular weight is 278 g/mol. The maximum absolute atomic E-state index is 11.7. The molecule has 0 aromatic heterocycles. The number of hydrogen-bond donors (Lipinski definition) is 3. The fourth-order valence-corrected chi connectivity index (χ4v) is 1.83. The largest absolute Gasteiger partial charge is 0.481 e. The zero-order valence-corrected chi connectivity index (χ0v) is 11.9. The van der Waals surface area contributed by atoms with Crippen molar-refractivity contribution in [2.45, 2.75) is 38.6 Å². The van der Waals surface area contributed by atoms with Crippen molar-refractivity contribution in [2.24, 2.45) is 0 Å². The first-order valence-corrected chi connectivity index (χ1v) is 6.80. The minimum atomic E-state index is -0.850. The lowest BCUT2D eigenvalue weighted by molar-refractivity contribution is -0.137. The molecule has 0 saturated heterocycles. The average Bonchev–Trinajstić information content (AvgIpc) is 2.43. The van der Waals surface area contributed by atoms with Crippen LogP contribution in [0.25, 0.3) is 0 Å². The summed E-state index contributed by atoms with van der Waals surface area (Å²) in [6, 6.07) is 9.54. The van der Waals surface area contributed by atoms with Crippen molar-refractivity contribution >= 4 is 12.0 Å². The van der Waals surface area contributed by atoms with Gasteiger partial charge in [0.1, 0.15) is 0 Å². The second-order valence-electron chi connectivity index (χ2n) is 5.00. The van der Waals surface area contributed by atoms with E-state index in [0.29, 0.717) is 13.0 Å². The SMILES string of the molecule is CC(CCC(=O)O)NC(=O)NCC(C)c1ccccc1. The molecule has 110 valence electrons. The van der Waals surface area contributed by atoms with E-state index >= 15 is 0 Å². The van der Waals surface area contributed by atoms with Crippen LogP contribution in [0.4, 0.5) is 4.79 Å². The summed E-state index contributed by atoms with van der Waals surface area (Å²) in [5.74, 6) is -0.618. The van der Waals surface area contributed by atoms with Gasteiger partial charge in [-0.25, -0.2) is 4.79 Å². The van der Waals surface area contributed by atoms with Crippen LogP contribution in [0.3, 0.4) is 0 Å². The molecule has 0 fully saturated rings. The van der Waals surface area contributed by atoms with Crippen LogP contribution in [0, 0.1) is 0 Å². The fourth-order valence-electron chi connectivity index (χ4n) is 1.83. The number of nitrogens with one attached hydrogen (secondary N) is 2. The highest BCUT2D eigenvalue weighted by molar-refractivity contribution is 5.74. The summed E-state index contributed by atoms with van der Waals surface area (Å²) in [6.07, 6.45) is 0.485. The van der Waals surface area contributed by atoms with Gasteiger partial charge in [0, 0.05) is 19.0 Å².